The first kappa shape index (κ1) is 25.6. The Balaban J connectivity index is 0.00000304. The van der Waals surface area contributed by atoms with Crippen molar-refractivity contribution in [3.05, 3.63) is 70.1 Å². The highest BCUT2D eigenvalue weighted by Crippen LogP contribution is 2.35. The minimum absolute atomic E-state index is 0. The van der Waals surface area contributed by atoms with E-state index in [0.717, 1.165) is 48.1 Å². The largest absolute Gasteiger partial charge is 0.497 e. The number of benzene rings is 2. The molecule has 2 aromatic heterocycles. The molecule has 9 heteroatoms. The molecule has 1 aliphatic heterocycles. The van der Waals surface area contributed by atoms with E-state index in [1.807, 2.05) is 55.6 Å². The number of amides is 1. The predicted octanol–water partition coefficient (Wildman–Crippen LogP) is 3.46. The molecule has 1 aliphatic rings. The lowest BCUT2D eigenvalue weighted by Crippen LogP contribution is -2.43. The first-order valence-electron chi connectivity index (χ1n) is 11.9. The summed E-state index contributed by atoms with van der Waals surface area (Å²) in [6.07, 6.45) is 1.74. The summed E-state index contributed by atoms with van der Waals surface area (Å²) in [6, 6.07) is 15.5. The molecule has 1 amide bonds. The summed E-state index contributed by atoms with van der Waals surface area (Å²) in [5.74, 6) is 0.848. The fourth-order valence-electron chi connectivity index (χ4n) is 5.07. The minimum Gasteiger partial charge on any atom is -0.497 e. The fraction of sp³-hybridized carbons (Fsp3) is 0.333. The van der Waals surface area contributed by atoms with Gasteiger partial charge >= 0.3 is 0 Å². The summed E-state index contributed by atoms with van der Waals surface area (Å²) in [5, 5.41) is 7.76. The van der Waals surface area contributed by atoms with Crippen LogP contribution in [0.2, 0.25) is 0 Å². The topological polar surface area (TPSA) is 86.5 Å². The summed E-state index contributed by atoms with van der Waals surface area (Å²) in [5.41, 5.74) is 2.64. The van der Waals surface area contributed by atoms with Gasteiger partial charge in [0, 0.05) is 18.5 Å². The van der Waals surface area contributed by atoms with Crippen molar-refractivity contribution in [2.75, 3.05) is 27.3 Å². The first-order chi connectivity index (χ1) is 17.0. The van der Waals surface area contributed by atoms with Gasteiger partial charge in [-0.1, -0.05) is 30.3 Å². The maximum Gasteiger partial charge on any atom is 0.272 e. The highest BCUT2D eigenvalue weighted by molar-refractivity contribution is 6.12. The van der Waals surface area contributed by atoms with Gasteiger partial charge in [-0.15, -0.1) is 12.4 Å². The van der Waals surface area contributed by atoms with Crippen molar-refractivity contribution >= 4 is 40.1 Å². The molecule has 0 radical (unpaired) electrons. The van der Waals surface area contributed by atoms with Crippen LogP contribution in [-0.2, 0) is 13.6 Å². The van der Waals surface area contributed by atoms with Crippen molar-refractivity contribution in [3.63, 3.8) is 0 Å². The fourth-order valence-corrected chi connectivity index (χ4v) is 5.07. The Labute approximate surface area is 215 Å². The van der Waals surface area contributed by atoms with Gasteiger partial charge in [-0.2, -0.15) is 0 Å². The smallest absolute Gasteiger partial charge is 0.272 e. The maximum absolute atomic E-state index is 13.9. The van der Waals surface area contributed by atoms with E-state index in [-0.39, 0.29) is 29.9 Å². The van der Waals surface area contributed by atoms with Crippen LogP contribution >= 0.6 is 12.4 Å². The highest BCUT2D eigenvalue weighted by Gasteiger charge is 2.28. The number of fused-ring (bicyclic) bond motifs is 3. The molecule has 0 spiro atoms. The SMILES string of the molecule is COc1ccc(Cn2c(=O)c3c(OC)c(C(=O)NC4CCNCC4)n(C)c3c3ccccc32)cc1.Cl. The van der Waals surface area contributed by atoms with Crippen LogP contribution < -0.4 is 25.7 Å². The summed E-state index contributed by atoms with van der Waals surface area (Å²) in [6.45, 7) is 2.13. The minimum atomic E-state index is -0.224. The number of para-hydroxylation sites is 1. The van der Waals surface area contributed by atoms with Gasteiger partial charge in [-0.25, -0.2) is 0 Å². The molecule has 190 valence electrons. The van der Waals surface area contributed by atoms with Crippen molar-refractivity contribution < 1.29 is 14.3 Å². The number of methoxy groups -OCH3 is 2. The third-order valence-corrected chi connectivity index (χ3v) is 6.85. The molecule has 1 fully saturated rings. The molecule has 36 heavy (non-hydrogen) atoms. The summed E-state index contributed by atoms with van der Waals surface area (Å²) < 4.78 is 14.5. The van der Waals surface area contributed by atoms with Crippen molar-refractivity contribution in [1.82, 2.24) is 19.8 Å². The molecule has 4 aromatic rings. The number of pyridine rings is 1. The number of ether oxygens (including phenoxy) is 2. The van der Waals surface area contributed by atoms with Gasteiger partial charge < -0.3 is 29.2 Å². The lowest BCUT2D eigenvalue weighted by Gasteiger charge is -2.23. The number of rotatable bonds is 6. The Morgan fingerprint density at radius 2 is 1.75 bits per heavy atom. The third kappa shape index (κ3) is 4.42. The molecule has 0 bridgehead atoms. The van der Waals surface area contributed by atoms with E-state index in [0.29, 0.717) is 28.9 Å². The number of aromatic nitrogens is 2. The van der Waals surface area contributed by atoms with Crippen molar-refractivity contribution in [3.8, 4) is 11.5 Å². The number of halogens is 1. The van der Waals surface area contributed by atoms with E-state index in [1.165, 1.54) is 7.11 Å². The summed E-state index contributed by atoms with van der Waals surface area (Å²) in [7, 11) is 4.96. The Bertz CT molecular complexity index is 1450. The van der Waals surface area contributed by atoms with Gasteiger partial charge in [0.2, 0.25) is 0 Å². The van der Waals surface area contributed by atoms with Gasteiger partial charge in [0.1, 0.15) is 11.1 Å². The lowest BCUT2D eigenvalue weighted by molar-refractivity contribution is 0.0918. The quantitative estimate of drug-likeness (QED) is 0.415. The van der Waals surface area contributed by atoms with Crippen LogP contribution in [0.1, 0.15) is 28.9 Å². The molecule has 2 aromatic carbocycles. The number of piperidine rings is 1. The zero-order valence-electron chi connectivity index (χ0n) is 20.7. The Kier molecular flexibility index (Phi) is 7.56. The molecule has 0 saturated carbocycles. The van der Waals surface area contributed by atoms with Crippen molar-refractivity contribution in [1.29, 1.82) is 0 Å². The maximum atomic E-state index is 13.9. The molecule has 2 N–H and O–H groups in total. The number of hydrogen-bond acceptors (Lipinski definition) is 5. The number of nitrogens with one attached hydrogen (secondary N) is 2. The lowest BCUT2D eigenvalue weighted by atomic mass is 10.1. The van der Waals surface area contributed by atoms with Crippen LogP contribution in [0.15, 0.2) is 53.3 Å². The van der Waals surface area contributed by atoms with E-state index in [2.05, 4.69) is 10.6 Å². The number of nitrogens with zero attached hydrogens (tertiary/aromatic N) is 2. The van der Waals surface area contributed by atoms with Gasteiger partial charge in [0.25, 0.3) is 11.5 Å². The van der Waals surface area contributed by atoms with E-state index < -0.39 is 0 Å². The molecule has 5 rings (SSSR count). The van der Waals surface area contributed by atoms with Gasteiger partial charge in [-0.3, -0.25) is 9.59 Å². The van der Waals surface area contributed by atoms with E-state index in [4.69, 9.17) is 9.47 Å². The second kappa shape index (κ2) is 10.6. The summed E-state index contributed by atoms with van der Waals surface area (Å²) in [4.78, 5) is 27.3. The Morgan fingerprint density at radius 3 is 2.42 bits per heavy atom. The average molecular weight is 511 g/mol. The standard InChI is InChI=1S/C27H30N4O4.ClH/c1-30-23-20-6-4-5-7-21(20)31(16-17-8-10-19(34-2)11-9-17)27(33)22(23)25(35-3)24(30)26(32)29-18-12-14-28-15-13-18;/h4-11,18,28H,12-16H2,1-3H3,(H,29,32);1H. The van der Waals surface area contributed by atoms with Gasteiger partial charge in [-0.05, 0) is 49.7 Å². The second-order valence-electron chi connectivity index (χ2n) is 8.92. The number of aryl methyl sites for hydroxylation is 1. The monoisotopic (exact) mass is 510 g/mol. The molecule has 0 atom stereocenters. The molecular formula is C27H31ClN4O4. The number of carbonyl (C=O) groups is 1. The molecule has 8 nitrogen and oxygen atoms in total. The Hall–Kier alpha value is -3.49. The van der Waals surface area contributed by atoms with E-state index in [1.54, 1.807) is 16.2 Å². The highest BCUT2D eigenvalue weighted by atomic mass is 35.5. The average Bonchev–Trinajstić information content (AvgIpc) is 3.20. The van der Waals surface area contributed by atoms with Crippen LogP contribution in [0.25, 0.3) is 21.8 Å². The van der Waals surface area contributed by atoms with Gasteiger partial charge in [0.05, 0.1) is 31.8 Å². The van der Waals surface area contributed by atoms with Crippen LogP contribution in [0.5, 0.6) is 11.5 Å². The predicted molar refractivity (Wildman–Crippen MR) is 144 cm³/mol. The normalized spacial score (nSPS) is 14.0. The molecule has 3 heterocycles. The Morgan fingerprint density at radius 1 is 1.06 bits per heavy atom. The van der Waals surface area contributed by atoms with Crippen molar-refractivity contribution in [2.24, 2.45) is 7.05 Å². The van der Waals surface area contributed by atoms with Crippen LogP contribution in [-0.4, -0.2) is 48.4 Å². The molecular weight excluding hydrogens is 480 g/mol. The van der Waals surface area contributed by atoms with Gasteiger partial charge in [0.15, 0.2) is 11.4 Å². The zero-order chi connectivity index (χ0) is 24.5. The second-order valence-corrected chi connectivity index (χ2v) is 8.92. The number of hydrogen-bond donors (Lipinski definition) is 2. The van der Waals surface area contributed by atoms with Crippen LogP contribution in [0.4, 0.5) is 0 Å². The van der Waals surface area contributed by atoms with Crippen LogP contribution in [0.3, 0.4) is 0 Å². The zero-order valence-corrected chi connectivity index (χ0v) is 21.5. The number of carbonyl (C=O) groups excluding carboxylic acids is 1. The summed E-state index contributed by atoms with van der Waals surface area (Å²) >= 11 is 0. The molecule has 0 aliphatic carbocycles. The van der Waals surface area contributed by atoms with Crippen LogP contribution in [0, 0.1) is 0 Å². The first-order valence-corrected chi connectivity index (χ1v) is 11.9. The van der Waals surface area contributed by atoms with E-state index in [9.17, 15) is 9.59 Å². The molecule has 1 saturated heterocycles. The van der Waals surface area contributed by atoms with Crippen molar-refractivity contribution in [2.45, 2.75) is 25.4 Å². The third-order valence-electron chi connectivity index (χ3n) is 6.85. The molecule has 0 unspecified atom stereocenters. The van der Waals surface area contributed by atoms with E-state index >= 15 is 0 Å².